The lowest BCUT2D eigenvalue weighted by molar-refractivity contribution is 0.627. The van der Waals surface area contributed by atoms with E-state index in [-0.39, 0.29) is 29.8 Å². The quantitative estimate of drug-likeness (QED) is 0.236. The average Bonchev–Trinajstić information content (AvgIpc) is 3.03. The van der Waals surface area contributed by atoms with E-state index in [2.05, 4.69) is 34.5 Å². The van der Waals surface area contributed by atoms with Crippen molar-refractivity contribution < 1.29 is 4.39 Å². The van der Waals surface area contributed by atoms with Gasteiger partial charge in [-0.2, -0.15) is 0 Å². The Kier molecular flexibility index (Phi) is 11.3. The Hall–Kier alpha value is -1.42. The van der Waals surface area contributed by atoms with Crippen molar-refractivity contribution >= 4 is 47.0 Å². The van der Waals surface area contributed by atoms with E-state index < -0.39 is 0 Å². The molecule has 2 N–H and O–H groups in total. The fourth-order valence-electron chi connectivity index (χ4n) is 2.49. The van der Waals surface area contributed by atoms with E-state index >= 15 is 0 Å². The molecule has 0 fully saturated rings. The molecule has 1 heterocycles. The molecule has 0 atom stereocenters. The number of aliphatic imine (C=N–C) groups is 1. The van der Waals surface area contributed by atoms with E-state index in [0.717, 1.165) is 49.1 Å². The van der Waals surface area contributed by atoms with Crippen molar-refractivity contribution in [2.24, 2.45) is 4.99 Å². The van der Waals surface area contributed by atoms with Gasteiger partial charge in [0, 0.05) is 56.4 Å². The van der Waals surface area contributed by atoms with Crippen LogP contribution in [0.4, 0.5) is 10.1 Å². The van der Waals surface area contributed by atoms with Gasteiger partial charge in [-0.25, -0.2) is 9.37 Å². The number of rotatable bonds is 9. The number of halogens is 2. The summed E-state index contributed by atoms with van der Waals surface area (Å²) in [5, 5.41) is 7.75. The van der Waals surface area contributed by atoms with Gasteiger partial charge in [0.1, 0.15) is 5.82 Å². The first-order chi connectivity index (χ1) is 12.6. The van der Waals surface area contributed by atoms with E-state index in [0.29, 0.717) is 6.54 Å². The lowest BCUT2D eigenvalue weighted by Crippen LogP contribution is -2.38. The highest BCUT2D eigenvalue weighted by atomic mass is 127. The summed E-state index contributed by atoms with van der Waals surface area (Å²) in [4.78, 5) is 12.3. The van der Waals surface area contributed by atoms with E-state index in [1.807, 2.05) is 24.2 Å². The number of anilines is 1. The average molecular weight is 505 g/mol. The Balaban J connectivity index is 0.00000364. The summed E-state index contributed by atoms with van der Waals surface area (Å²) in [6.07, 6.45) is 3.70. The summed E-state index contributed by atoms with van der Waals surface area (Å²) < 4.78 is 13.3. The summed E-state index contributed by atoms with van der Waals surface area (Å²) in [7, 11) is 1.97. The largest absolute Gasteiger partial charge is 0.374 e. The zero-order valence-corrected chi connectivity index (χ0v) is 19.3. The highest BCUT2D eigenvalue weighted by molar-refractivity contribution is 14.0. The molecule has 0 aliphatic heterocycles. The van der Waals surface area contributed by atoms with Crippen LogP contribution in [0, 0.1) is 12.7 Å². The maximum Gasteiger partial charge on any atom is 0.191 e. The number of guanidine groups is 1. The minimum atomic E-state index is -0.207. The number of hydrogen-bond acceptors (Lipinski definition) is 4. The molecule has 0 spiro atoms. The molecule has 0 radical (unpaired) electrons. The summed E-state index contributed by atoms with van der Waals surface area (Å²) in [6.45, 7) is 7.30. The first-order valence-electron chi connectivity index (χ1n) is 8.98. The molecular formula is C19H29FIN5S. The van der Waals surface area contributed by atoms with Crippen LogP contribution in [0.5, 0.6) is 0 Å². The van der Waals surface area contributed by atoms with Gasteiger partial charge in [0.05, 0.1) is 5.01 Å². The molecule has 0 saturated carbocycles. The van der Waals surface area contributed by atoms with E-state index in [9.17, 15) is 4.39 Å². The molecule has 1 aromatic heterocycles. The summed E-state index contributed by atoms with van der Waals surface area (Å²) in [5.41, 5.74) is 0.887. The number of aromatic nitrogens is 1. The summed E-state index contributed by atoms with van der Waals surface area (Å²) in [6, 6.07) is 6.66. The van der Waals surface area contributed by atoms with Crippen molar-refractivity contribution in [1.82, 2.24) is 15.6 Å². The van der Waals surface area contributed by atoms with Gasteiger partial charge in [-0.05, 0) is 38.5 Å². The van der Waals surface area contributed by atoms with Crippen LogP contribution in [0.1, 0.15) is 23.2 Å². The number of hydrogen-bond donors (Lipinski definition) is 2. The van der Waals surface area contributed by atoms with E-state index in [1.54, 1.807) is 23.5 Å². The minimum Gasteiger partial charge on any atom is -0.374 e. The van der Waals surface area contributed by atoms with E-state index in [1.165, 1.54) is 10.9 Å². The fourth-order valence-corrected chi connectivity index (χ4v) is 3.27. The Morgan fingerprint density at radius 2 is 2.15 bits per heavy atom. The Bertz CT molecular complexity index is 707. The fraction of sp³-hybridized carbons (Fsp3) is 0.474. The molecule has 0 aliphatic rings. The number of aryl methyl sites for hydroxylation is 1. The standard InChI is InChI=1S/C19H28FN5S.HI/c1-4-21-19(23-11-9-18-24-14-15(2)26-18)22-10-6-12-25(3)17-8-5-7-16(20)13-17;/h5,7-8,13-14H,4,6,9-12H2,1-3H3,(H2,21,22,23);1H. The molecule has 0 saturated heterocycles. The second kappa shape index (κ2) is 12.9. The Morgan fingerprint density at radius 1 is 1.33 bits per heavy atom. The van der Waals surface area contributed by atoms with Crippen LogP contribution in [0.25, 0.3) is 0 Å². The van der Waals surface area contributed by atoms with Gasteiger partial charge in [0.2, 0.25) is 0 Å². The van der Waals surface area contributed by atoms with E-state index in [4.69, 9.17) is 0 Å². The van der Waals surface area contributed by atoms with Gasteiger partial charge in [-0.1, -0.05) is 6.07 Å². The van der Waals surface area contributed by atoms with Crippen molar-refractivity contribution in [3.8, 4) is 0 Å². The molecule has 2 rings (SSSR count). The molecule has 27 heavy (non-hydrogen) atoms. The molecule has 5 nitrogen and oxygen atoms in total. The minimum absolute atomic E-state index is 0. The van der Waals surface area contributed by atoms with Gasteiger partial charge < -0.3 is 15.5 Å². The molecule has 0 aliphatic carbocycles. The molecule has 0 bridgehead atoms. The van der Waals surface area contributed by atoms with Gasteiger partial charge in [0.15, 0.2) is 5.96 Å². The second-order valence-corrected chi connectivity index (χ2v) is 7.38. The number of nitrogens with zero attached hydrogens (tertiary/aromatic N) is 3. The van der Waals surface area contributed by atoms with Gasteiger partial charge in [-0.15, -0.1) is 35.3 Å². The van der Waals surface area contributed by atoms with Gasteiger partial charge in [0.25, 0.3) is 0 Å². The summed E-state index contributed by atoms with van der Waals surface area (Å²) >= 11 is 1.73. The highest BCUT2D eigenvalue weighted by Crippen LogP contribution is 2.14. The van der Waals surface area contributed by atoms with Crippen molar-refractivity contribution in [3.05, 3.63) is 46.2 Å². The second-order valence-electron chi connectivity index (χ2n) is 6.06. The number of thiazole rings is 1. The maximum atomic E-state index is 13.3. The third-order valence-corrected chi connectivity index (χ3v) is 4.79. The van der Waals surface area contributed by atoms with Crippen molar-refractivity contribution in [1.29, 1.82) is 0 Å². The van der Waals surface area contributed by atoms with Crippen LogP contribution < -0.4 is 15.5 Å². The SMILES string of the molecule is CCNC(=NCCCN(C)c1cccc(F)c1)NCCc1ncc(C)s1.I. The Morgan fingerprint density at radius 3 is 2.81 bits per heavy atom. The monoisotopic (exact) mass is 505 g/mol. The van der Waals surface area contributed by atoms with Crippen molar-refractivity contribution in [2.45, 2.75) is 26.7 Å². The summed E-state index contributed by atoms with van der Waals surface area (Å²) in [5.74, 6) is 0.621. The zero-order chi connectivity index (χ0) is 18.8. The van der Waals surface area contributed by atoms with Crippen LogP contribution in [-0.2, 0) is 6.42 Å². The van der Waals surface area contributed by atoms with Crippen molar-refractivity contribution in [3.63, 3.8) is 0 Å². The molecule has 0 amide bonds. The highest BCUT2D eigenvalue weighted by Gasteiger charge is 2.03. The lowest BCUT2D eigenvalue weighted by Gasteiger charge is -2.19. The maximum absolute atomic E-state index is 13.3. The molecule has 8 heteroatoms. The van der Waals surface area contributed by atoms with Crippen LogP contribution in [-0.4, -0.2) is 44.2 Å². The molecule has 150 valence electrons. The van der Waals surface area contributed by atoms with Crippen LogP contribution in [0.2, 0.25) is 0 Å². The van der Waals surface area contributed by atoms with Crippen LogP contribution in [0.3, 0.4) is 0 Å². The normalized spacial score (nSPS) is 11.0. The number of nitrogens with one attached hydrogen (secondary N) is 2. The Labute approximate surface area is 182 Å². The molecule has 2 aromatic rings. The third kappa shape index (κ3) is 8.87. The van der Waals surface area contributed by atoms with Crippen molar-refractivity contribution in [2.75, 3.05) is 38.1 Å². The third-order valence-electron chi connectivity index (χ3n) is 3.82. The smallest absolute Gasteiger partial charge is 0.191 e. The lowest BCUT2D eigenvalue weighted by atomic mass is 10.2. The van der Waals surface area contributed by atoms with Crippen LogP contribution >= 0.6 is 35.3 Å². The van der Waals surface area contributed by atoms with Crippen LogP contribution in [0.15, 0.2) is 35.5 Å². The molecular weight excluding hydrogens is 476 g/mol. The predicted octanol–water partition coefficient (Wildman–Crippen LogP) is 3.83. The van der Waals surface area contributed by atoms with Gasteiger partial charge in [-0.3, -0.25) is 4.99 Å². The molecule has 0 unspecified atom stereocenters. The first-order valence-corrected chi connectivity index (χ1v) is 9.80. The molecule has 1 aromatic carbocycles. The van der Waals surface area contributed by atoms with Gasteiger partial charge >= 0.3 is 0 Å². The zero-order valence-electron chi connectivity index (χ0n) is 16.2. The number of benzene rings is 1. The predicted molar refractivity (Wildman–Crippen MR) is 124 cm³/mol. The topological polar surface area (TPSA) is 52.6 Å². The first kappa shape index (κ1) is 23.6.